The first-order chi connectivity index (χ1) is 7.24. The molecular formula is C12H32O4Zr. The van der Waals surface area contributed by atoms with Crippen LogP contribution in [0.3, 0.4) is 0 Å². The van der Waals surface area contributed by atoms with Gasteiger partial charge in [0.25, 0.3) is 0 Å². The fraction of sp³-hybridized carbons (Fsp3) is 1.00. The molecule has 17 heavy (non-hydrogen) atoms. The van der Waals surface area contributed by atoms with E-state index in [4.69, 9.17) is 15.3 Å². The molecule has 0 aromatic carbocycles. The average molecular weight is 332 g/mol. The van der Waals surface area contributed by atoms with E-state index in [0.717, 1.165) is 38.5 Å². The minimum atomic E-state index is 0. The van der Waals surface area contributed by atoms with Crippen molar-refractivity contribution < 1.29 is 47.0 Å². The predicted octanol–water partition coefficient (Wildman–Crippen LogP) is 1.51. The van der Waals surface area contributed by atoms with Gasteiger partial charge in [0.2, 0.25) is 0 Å². The first-order valence-corrected chi connectivity index (χ1v) is 6.07. The molecule has 5 heteroatoms. The fourth-order valence-electron chi connectivity index (χ4n) is 0.474. The minimum absolute atomic E-state index is 0. The van der Waals surface area contributed by atoms with E-state index in [9.17, 15) is 0 Å². The molecule has 0 aliphatic carbocycles. The van der Waals surface area contributed by atoms with Crippen LogP contribution in [0.25, 0.3) is 0 Å². The summed E-state index contributed by atoms with van der Waals surface area (Å²) in [6.45, 7) is 7.19. The molecule has 0 bridgehead atoms. The second-order valence-corrected chi connectivity index (χ2v) is 3.23. The summed E-state index contributed by atoms with van der Waals surface area (Å²) in [5.41, 5.74) is 0. The number of hydrogen-bond acceptors (Lipinski definition) is 3. The molecule has 108 valence electrons. The quantitative estimate of drug-likeness (QED) is 0.689. The Hall–Kier alpha value is 0.723. The molecule has 0 spiro atoms. The third-order valence-electron chi connectivity index (χ3n) is 1.54. The van der Waals surface area contributed by atoms with Gasteiger partial charge in [0, 0.05) is 46.0 Å². The zero-order valence-corrected chi connectivity index (χ0v) is 14.2. The Labute approximate surface area is 126 Å². The summed E-state index contributed by atoms with van der Waals surface area (Å²) in [6.07, 6.45) is 6.11. The van der Waals surface area contributed by atoms with E-state index in [0.29, 0.717) is 19.8 Å². The summed E-state index contributed by atoms with van der Waals surface area (Å²) in [6, 6.07) is 0. The predicted molar refractivity (Wildman–Crippen MR) is 69.6 cm³/mol. The largest absolute Gasteiger partial charge is 0.412 e. The van der Waals surface area contributed by atoms with Crippen molar-refractivity contribution in [3.8, 4) is 0 Å². The van der Waals surface area contributed by atoms with Crippen LogP contribution >= 0.6 is 0 Å². The van der Waals surface area contributed by atoms with E-state index in [2.05, 4.69) is 20.8 Å². The smallest absolute Gasteiger partial charge is 0.0430 e. The maximum Gasteiger partial charge on any atom is 0.0430 e. The van der Waals surface area contributed by atoms with E-state index in [1.807, 2.05) is 0 Å². The van der Waals surface area contributed by atoms with Gasteiger partial charge in [0.05, 0.1) is 0 Å². The zero-order chi connectivity index (χ0) is 12.4. The van der Waals surface area contributed by atoms with Gasteiger partial charge in [-0.2, -0.15) is 0 Å². The van der Waals surface area contributed by atoms with Crippen LogP contribution in [0.15, 0.2) is 0 Å². The van der Waals surface area contributed by atoms with Gasteiger partial charge in [0.15, 0.2) is 0 Å². The summed E-state index contributed by atoms with van der Waals surface area (Å²) in [7, 11) is 0. The molecular weight excluding hydrogens is 299 g/mol. The molecule has 0 unspecified atom stereocenters. The van der Waals surface area contributed by atoms with Crippen molar-refractivity contribution in [3.63, 3.8) is 0 Å². The van der Waals surface area contributed by atoms with Gasteiger partial charge in [0.1, 0.15) is 0 Å². The first kappa shape index (κ1) is 30.6. The molecule has 0 saturated carbocycles. The van der Waals surface area contributed by atoms with Crippen LogP contribution in [0.4, 0.5) is 0 Å². The first-order valence-electron chi connectivity index (χ1n) is 6.07. The molecule has 0 fully saturated rings. The molecule has 0 aromatic rings. The molecule has 0 saturated heterocycles. The normalized spacial score (nSPS) is 7.41. The van der Waals surface area contributed by atoms with E-state index in [1.54, 1.807) is 0 Å². The molecule has 0 aliphatic rings. The van der Waals surface area contributed by atoms with Gasteiger partial charge < -0.3 is 20.8 Å². The molecule has 0 aromatic heterocycles. The summed E-state index contributed by atoms with van der Waals surface area (Å²) in [5.74, 6) is 0. The maximum atomic E-state index is 8.07. The average Bonchev–Trinajstić information content (AvgIpc) is 2.23. The van der Waals surface area contributed by atoms with Crippen molar-refractivity contribution in [3.05, 3.63) is 0 Å². The Morgan fingerprint density at radius 1 is 0.588 bits per heavy atom. The molecule has 0 radical (unpaired) electrons. The molecule has 0 heterocycles. The van der Waals surface area contributed by atoms with Gasteiger partial charge in [-0.25, -0.2) is 0 Å². The SMILES string of the molecule is CCCCO.CCCCO.CCCCO.O.[Zr]. The van der Waals surface area contributed by atoms with Crippen LogP contribution in [0.1, 0.15) is 59.3 Å². The molecule has 4 nitrogen and oxygen atoms in total. The summed E-state index contributed by atoms with van der Waals surface area (Å²) < 4.78 is 0. The standard InChI is InChI=1S/3C4H10O.H2O.Zr/c3*1-2-3-4-5;;/h3*5H,2-4H2,1H3;1H2;. The third-order valence-corrected chi connectivity index (χ3v) is 1.54. The van der Waals surface area contributed by atoms with Gasteiger partial charge in [-0.3, -0.25) is 0 Å². The molecule has 0 aliphatic heterocycles. The topological polar surface area (TPSA) is 92.2 Å². The van der Waals surface area contributed by atoms with E-state index < -0.39 is 0 Å². The van der Waals surface area contributed by atoms with Gasteiger partial charge in [-0.05, 0) is 19.3 Å². The minimum Gasteiger partial charge on any atom is -0.412 e. The van der Waals surface area contributed by atoms with Crippen molar-refractivity contribution >= 4 is 0 Å². The van der Waals surface area contributed by atoms with Crippen LogP contribution in [-0.4, -0.2) is 40.6 Å². The molecule has 5 N–H and O–H groups in total. The van der Waals surface area contributed by atoms with Crippen molar-refractivity contribution in [2.45, 2.75) is 59.3 Å². The Morgan fingerprint density at radius 3 is 0.765 bits per heavy atom. The van der Waals surface area contributed by atoms with E-state index in [1.165, 1.54) is 0 Å². The van der Waals surface area contributed by atoms with Crippen molar-refractivity contribution in [1.29, 1.82) is 0 Å². The van der Waals surface area contributed by atoms with Gasteiger partial charge >= 0.3 is 0 Å². The molecule has 0 atom stereocenters. The van der Waals surface area contributed by atoms with Crippen LogP contribution in [0.2, 0.25) is 0 Å². The van der Waals surface area contributed by atoms with Crippen LogP contribution in [-0.2, 0) is 26.2 Å². The number of rotatable bonds is 6. The summed E-state index contributed by atoms with van der Waals surface area (Å²) >= 11 is 0. The third kappa shape index (κ3) is 80.2. The summed E-state index contributed by atoms with van der Waals surface area (Å²) in [4.78, 5) is 0. The monoisotopic (exact) mass is 330 g/mol. The number of aliphatic hydroxyl groups is 3. The van der Waals surface area contributed by atoms with Gasteiger partial charge in [-0.15, -0.1) is 0 Å². The summed E-state index contributed by atoms with van der Waals surface area (Å²) in [5, 5.41) is 24.2. The van der Waals surface area contributed by atoms with Crippen LogP contribution < -0.4 is 0 Å². The second kappa shape index (κ2) is 43.7. The van der Waals surface area contributed by atoms with Crippen molar-refractivity contribution in [1.82, 2.24) is 0 Å². The van der Waals surface area contributed by atoms with Crippen molar-refractivity contribution in [2.75, 3.05) is 19.8 Å². The maximum absolute atomic E-state index is 8.07. The van der Waals surface area contributed by atoms with Gasteiger partial charge in [-0.1, -0.05) is 40.0 Å². The Balaban J connectivity index is -0.0000000400. The van der Waals surface area contributed by atoms with Crippen LogP contribution in [0, 0.1) is 0 Å². The van der Waals surface area contributed by atoms with Crippen molar-refractivity contribution in [2.24, 2.45) is 0 Å². The number of hydrogen-bond donors (Lipinski definition) is 3. The number of aliphatic hydroxyl groups excluding tert-OH is 3. The van der Waals surface area contributed by atoms with E-state index in [-0.39, 0.29) is 31.7 Å². The Bertz CT molecular complexity index is 55.3. The van der Waals surface area contributed by atoms with Crippen LogP contribution in [0.5, 0.6) is 0 Å². The molecule has 0 amide bonds. The zero-order valence-electron chi connectivity index (χ0n) is 11.7. The molecule has 0 rings (SSSR count). The Kier molecular flexibility index (Phi) is 78.8. The fourth-order valence-corrected chi connectivity index (χ4v) is 0.474. The van der Waals surface area contributed by atoms with E-state index >= 15 is 0 Å². The Morgan fingerprint density at radius 2 is 0.765 bits per heavy atom. The number of unbranched alkanes of at least 4 members (excludes halogenated alkanes) is 3. The second-order valence-electron chi connectivity index (χ2n) is 3.23.